The van der Waals surface area contributed by atoms with Crippen molar-refractivity contribution in [1.29, 1.82) is 0 Å². The van der Waals surface area contributed by atoms with E-state index in [0.717, 1.165) is 22.6 Å². The maximum Gasteiger partial charge on any atom is 0.323 e. The number of para-hydroxylation sites is 1. The van der Waals surface area contributed by atoms with E-state index in [9.17, 15) is 9.59 Å². The number of anilines is 1. The summed E-state index contributed by atoms with van der Waals surface area (Å²) in [5, 5.41) is 2.82. The van der Waals surface area contributed by atoms with Crippen LogP contribution in [0.4, 0.5) is 5.69 Å². The molecular formula is C22H20N4O2. The van der Waals surface area contributed by atoms with Crippen LogP contribution in [0.5, 0.6) is 0 Å². The minimum atomic E-state index is -0.271. The van der Waals surface area contributed by atoms with Crippen molar-refractivity contribution in [3.63, 3.8) is 0 Å². The van der Waals surface area contributed by atoms with E-state index in [1.165, 1.54) is 6.08 Å². The molecule has 0 unspecified atom stereocenters. The quantitative estimate of drug-likeness (QED) is 0.475. The smallest absolute Gasteiger partial charge is 0.322 e. The van der Waals surface area contributed by atoms with E-state index in [4.69, 9.17) is 0 Å². The van der Waals surface area contributed by atoms with Crippen LogP contribution in [0.3, 0.4) is 0 Å². The van der Waals surface area contributed by atoms with Gasteiger partial charge in [0.2, 0.25) is 5.91 Å². The highest BCUT2D eigenvalue weighted by Gasteiger charge is 2.09. The van der Waals surface area contributed by atoms with Crippen LogP contribution in [0.2, 0.25) is 0 Å². The minimum absolute atomic E-state index is 0.234. The number of benzene rings is 2. The molecule has 4 rings (SSSR count). The van der Waals surface area contributed by atoms with Crippen LogP contribution in [0.15, 0.2) is 65.5 Å². The molecular weight excluding hydrogens is 352 g/mol. The molecule has 0 saturated heterocycles. The van der Waals surface area contributed by atoms with Gasteiger partial charge in [-0.15, -0.1) is 0 Å². The van der Waals surface area contributed by atoms with Crippen molar-refractivity contribution < 1.29 is 4.79 Å². The maximum atomic E-state index is 12.3. The lowest BCUT2D eigenvalue weighted by atomic mass is 10.2. The normalized spacial score (nSPS) is 11.4. The van der Waals surface area contributed by atoms with Crippen molar-refractivity contribution in [1.82, 2.24) is 14.5 Å². The number of aromatic nitrogens is 3. The third-order valence-corrected chi connectivity index (χ3v) is 4.68. The summed E-state index contributed by atoms with van der Waals surface area (Å²) < 4.78 is 2.16. The number of hydrogen-bond acceptors (Lipinski definition) is 2. The van der Waals surface area contributed by atoms with Gasteiger partial charge in [0.25, 0.3) is 0 Å². The van der Waals surface area contributed by atoms with Crippen LogP contribution in [0, 0.1) is 13.8 Å². The number of carbonyl (C=O) groups is 1. The first-order valence-corrected chi connectivity index (χ1v) is 8.97. The zero-order valence-electron chi connectivity index (χ0n) is 15.6. The zero-order chi connectivity index (χ0) is 19.7. The Morgan fingerprint density at radius 2 is 1.75 bits per heavy atom. The Labute approximate surface area is 161 Å². The van der Waals surface area contributed by atoms with E-state index in [-0.39, 0.29) is 11.6 Å². The molecule has 28 heavy (non-hydrogen) atoms. The van der Waals surface area contributed by atoms with Crippen LogP contribution in [0.25, 0.3) is 22.8 Å². The second-order valence-corrected chi connectivity index (χ2v) is 6.66. The summed E-state index contributed by atoms with van der Waals surface area (Å²) in [5.74, 6) is -0.234. The van der Waals surface area contributed by atoms with E-state index in [0.29, 0.717) is 16.7 Å². The molecule has 0 aliphatic carbocycles. The van der Waals surface area contributed by atoms with E-state index < -0.39 is 0 Å². The standard InChI is InChI=1S/C22H20N4O2/c1-14-12-16(15(2)26(14)18-6-4-3-5-7-18)8-11-21(27)23-17-9-10-19-20(13-17)25-22(28)24-19/h3-13H,1-2H3,(H,23,27)(H2,24,25,28)/b11-8+. The average molecular weight is 372 g/mol. The van der Waals surface area contributed by atoms with Crippen molar-refractivity contribution in [2.75, 3.05) is 5.32 Å². The Morgan fingerprint density at radius 3 is 2.54 bits per heavy atom. The number of aromatic amines is 2. The second-order valence-electron chi connectivity index (χ2n) is 6.66. The van der Waals surface area contributed by atoms with Crippen molar-refractivity contribution in [3.8, 4) is 5.69 Å². The molecule has 1 amide bonds. The Hall–Kier alpha value is -3.80. The maximum absolute atomic E-state index is 12.3. The molecule has 4 aromatic rings. The number of nitrogens with one attached hydrogen (secondary N) is 3. The van der Waals surface area contributed by atoms with Crippen LogP contribution in [-0.2, 0) is 4.79 Å². The highest BCUT2D eigenvalue weighted by Crippen LogP contribution is 2.22. The first kappa shape index (κ1) is 17.6. The number of amides is 1. The molecule has 0 saturated carbocycles. The highest BCUT2D eigenvalue weighted by atomic mass is 16.1. The summed E-state index contributed by atoms with van der Waals surface area (Å²) >= 11 is 0. The van der Waals surface area contributed by atoms with E-state index in [1.807, 2.05) is 38.1 Å². The fraction of sp³-hybridized carbons (Fsp3) is 0.0909. The number of fused-ring (bicyclic) bond motifs is 1. The number of hydrogen-bond donors (Lipinski definition) is 3. The van der Waals surface area contributed by atoms with Gasteiger partial charge in [-0.1, -0.05) is 18.2 Å². The van der Waals surface area contributed by atoms with E-state index in [1.54, 1.807) is 18.2 Å². The summed E-state index contributed by atoms with van der Waals surface area (Å²) in [6.45, 7) is 4.08. The average Bonchev–Trinajstić information content (AvgIpc) is 3.18. The largest absolute Gasteiger partial charge is 0.323 e. The third-order valence-electron chi connectivity index (χ3n) is 4.68. The van der Waals surface area contributed by atoms with Gasteiger partial charge in [0, 0.05) is 28.8 Å². The summed E-state index contributed by atoms with van der Waals surface area (Å²) in [6, 6.07) is 17.4. The van der Waals surface area contributed by atoms with Crippen LogP contribution >= 0.6 is 0 Å². The molecule has 2 aromatic carbocycles. The van der Waals surface area contributed by atoms with Gasteiger partial charge in [-0.25, -0.2) is 4.79 Å². The Bertz CT molecular complexity index is 1240. The fourth-order valence-electron chi connectivity index (χ4n) is 3.39. The monoisotopic (exact) mass is 372 g/mol. The fourth-order valence-corrected chi connectivity index (χ4v) is 3.39. The van der Waals surface area contributed by atoms with E-state index >= 15 is 0 Å². The molecule has 0 bridgehead atoms. The number of nitrogens with zero attached hydrogens (tertiary/aromatic N) is 1. The van der Waals surface area contributed by atoms with Gasteiger partial charge in [0.1, 0.15) is 0 Å². The van der Waals surface area contributed by atoms with Gasteiger partial charge in [-0.05, 0) is 61.9 Å². The summed E-state index contributed by atoms with van der Waals surface area (Å²) in [6.07, 6.45) is 3.33. The molecule has 0 radical (unpaired) electrons. The van der Waals surface area contributed by atoms with Gasteiger partial charge >= 0.3 is 5.69 Å². The Morgan fingerprint density at radius 1 is 1.00 bits per heavy atom. The van der Waals surface area contributed by atoms with Crippen molar-refractivity contribution in [2.24, 2.45) is 0 Å². The molecule has 3 N–H and O–H groups in total. The van der Waals surface area contributed by atoms with Gasteiger partial charge in [0.15, 0.2) is 0 Å². The van der Waals surface area contributed by atoms with Gasteiger partial charge < -0.3 is 19.9 Å². The van der Waals surface area contributed by atoms with E-state index in [2.05, 4.69) is 38.1 Å². The first-order valence-electron chi connectivity index (χ1n) is 8.97. The topological polar surface area (TPSA) is 82.7 Å². The summed E-state index contributed by atoms with van der Waals surface area (Å²) in [5.41, 5.74) is 5.95. The molecule has 2 aromatic heterocycles. The summed E-state index contributed by atoms with van der Waals surface area (Å²) in [7, 11) is 0. The van der Waals surface area contributed by atoms with Gasteiger partial charge in [-0.3, -0.25) is 4.79 Å². The number of imidazole rings is 1. The molecule has 6 heteroatoms. The molecule has 0 aliphatic rings. The molecule has 0 fully saturated rings. The molecule has 0 spiro atoms. The molecule has 0 aliphatic heterocycles. The lowest BCUT2D eigenvalue weighted by Gasteiger charge is -2.09. The Kier molecular flexibility index (Phi) is 4.45. The molecule has 6 nitrogen and oxygen atoms in total. The molecule has 140 valence electrons. The second kappa shape index (κ2) is 7.08. The number of rotatable bonds is 4. The van der Waals surface area contributed by atoms with Crippen LogP contribution < -0.4 is 11.0 Å². The number of H-pyrrole nitrogens is 2. The van der Waals surface area contributed by atoms with Crippen LogP contribution in [0.1, 0.15) is 17.0 Å². The van der Waals surface area contributed by atoms with Crippen LogP contribution in [-0.4, -0.2) is 20.4 Å². The zero-order valence-corrected chi connectivity index (χ0v) is 15.6. The highest BCUT2D eigenvalue weighted by molar-refractivity contribution is 6.02. The van der Waals surface area contributed by atoms with Crippen molar-refractivity contribution in [3.05, 3.63) is 88.1 Å². The number of aryl methyl sites for hydroxylation is 1. The number of carbonyl (C=O) groups excluding carboxylic acids is 1. The SMILES string of the molecule is Cc1cc(/C=C/C(=O)Nc2ccc3[nH]c(=O)[nH]c3c2)c(C)n1-c1ccccc1. The predicted molar refractivity (Wildman–Crippen MR) is 112 cm³/mol. The van der Waals surface area contributed by atoms with Crippen molar-refractivity contribution in [2.45, 2.75) is 13.8 Å². The molecule has 2 heterocycles. The van der Waals surface area contributed by atoms with Gasteiger partial charge in [0.05, 0.1) is 11.0 Å². The first-order chi connectivity index (χ1) is 13.5. The van der Waals surface area contributed by atoms with Gasteiger partial charge in [-0.2, -0.15) is 0 Å². The summed E-state index contributed by atoms with van der Waals surface area (Å²) in [4.78, 5) is 29.0. The minimum Gasteiger partial charge on any atom is -0.322 e. The third kappa shape index (κ3) is 3.40. The lowest BCUT2D eigenvalue weighted by Crippen LogP contribution is -2.07. The van der Waals surface area contributed by atoms with Crippen molar-refractivity contribution >= 4 is 28.7 Å². The lowest BCUT2D eigenvalue weighted by molar-refractivity contribution is -0.111. The predicted octanol–water partition coefficient (Wildman–Crippen LogP) is 3.92. The molecule has 0 atom stereocenters. The Balaban J connectivity index is 1.53.